The Morgan fingerprint density at radius 3 is 2.23 bits per heavy atom. The lowest BCUT2D eigenvalue weighted by Crippen LogP contribution is -2.19. The van der Waals surface area contributed by atoms with E-state index in [-0.39, 0.29) is 0 Å². The predicted molar refractivity (Wildman–Crippen MR) is 93.8 cm³/mol. The van der Waals surface area contributed by atoms with E-state index in [4.69, 9.17) is 12.2 Å². The lowest BCUT2D eigenvalue weighted by atomic mass is 10.1. The molecule has 3 aromatic rings. The molecule has 0 atom stereocenters. The quantitative estimate of drug-likeness (QED) is 0.718. The SMILES string of the molecule is S=C(Nc1ccccc1)Nc1ccnnc1-c1ccccc1. The number of hydrogen-bond donors (Lipinski definition) is 2. The van der Waals surface area contributed by atoms with E-state index in [0.29, 0.717) is 5.11 Å². The van der Waals surface area contributed by atoms with Crippen LogP contribution in [0.1, 0.15) is 0 Å². The van der Waals surface area contributed by atoms with Crippen LogP contribution in [-0.2, 0) is 0 Å². The standard InChI is InChI=1S/C17H14N4S/c22-17(19-14-9-5-2-6-10-14)20-15-11-12-18-21-16(15)13-7-3-1-4-8-13/h1-12H,(H2,18,19,20,22). The van der Waals surface area contributed by atoms with Crippen molar-refractivity contribution in [2.45, 2.75) is 0 Å². The predicted octanol–water partition coefficient (Wildman–Crippen LogP) is 3.95. The Hall–Kier alpha value is -2.79. The number of anilines is 2. The molecule has 108 valence electrons. The second-order valence-electron chi connectivity index (χ2n) is 4.60. The molecule has 0 aliphatic heterocycles. The molecule has 0 amide bonds. The van der Waals surface area contributed by atoms with Crippen LogP contribution < -0.4 is 10.6 Å². The maximum Gasteiger partial charge on any atom is 0.175 e. The molecule has 0 aliphatic carbocycles. The Kier molecular flexibility index (Phi) is 4.36. The molecule has 1 heterocycles. The molecule has 0 saturated heterocycles. The summed E-state index contributed by atoms with van der Waals surface area (Å²) in [5, 5.41) is 15.0. The number of benzene rings is 2. The van der Waals surface area contributed by atoms with Gasteiger partial charge in [-0.3, -0.25) is 0 Å². The zero-order valence-electron chi connectivity index (χ0n) is 11.7. The summed E-state index contributed by atoms with van der Waals surface area (Å²) in [5.74, 6) is 0. The van der Waals surface area contributed by atoms with Crippen molar-refractivity contribution in [1.82, 2.24) is 10.2 Å². The largest absolute Gasteiger partial charge is 0.332 e. The molecule has 1 aromatic heterocycles. The number of para-hydroxylation sites is 1. The lowest BCUT2D eigenvalue weighted by Gasteiger charge is -2.13. The Bertz CT molecular complexity index is 760. The average Bonchev–Trinajstić information content (AvgIpc) is 2.57. The monoisotopic (exact) mass is 306 g/mol. The molecule has 2 aromatic carbocycles. The van der Waals surface area contributed by atoms with Crippen LogP contribution in [0.4, 0.5) is 11.4 Å². The van der Waals surface area contributed by atoms with Crippen molar-refractivity contribution in [3.05, 3.63) is 72.9 Å². The summed E-state index contributed by atoms with van der Waals surface area (Å²) in [4.78, 5) is 0. The van der Waals surface area contributed by atoms with Gasteiger partial charge in [0.1, 0.15) is 5.69 Å². The Morgan fingerprint density at radius 1 is 0.818 bits per heavy atom. The van der Waals surface area contributed by atoms with Gasteiger partial charge >= 0.3 is 0 Å². The van der Waals surface area contributed by atoms with Crippen molar-refractivity contribution in [3.63, 3.8) is 0 Å². The van der Waals surface area contributed by atoms with Gasteiger partial charge < -0.3 is 10.6 Å². The van der Waals surface area contributed by atoms with E-state index >= 15 is 0 Å². The van der Waals surface area contributed by atoms with Gasteiger partial charge in [-0.1, -0.05) is 48.5 Å². The van der Waals surface area contributed by atoms with Crippen molar-refractivity contribution in [2.24, 2.45) is 0 Å². The molecule has 0 bridgehead atoms. The summed E-state index contributed by atoms with van der Waals surface area (Å²) in [6.45, 7) is 0. The van der Waals surface area contributed by atoms with Crippen LogP contribution in [0.15, 0.2) is 72.9 Å². The Balaban J connectivity index is 1.80. The number of aromatic nitrogens is 2. The molecule has 0 spiro atoms. The number of hydrogen-bond acceptors (Lipinski definition) is 3. The molecule has 0 saturated carbocycles. The van der Waals surface area contributed by atoms with Gasteiger partial charge in [0.2, 0.25) is 0 Å². The number of nitrogens with zero attached hydrogens (tertiary/aromatic N) is 2. The van der Waals surface area contributed by atoms with Gasteiger partial charge in [0.25, 0.3) is 0 Å². The lowest BCUT2D eigenvalue weighted by molar-refractivity contribution is 1.04. The van der Waals surface area contributed by atoms with Gasteiger partial charge in [-0.05, 0) is 30.4 Å². The highest BCUT2D eigenvalue weighted by molar-refractivity contribution is 7.80. The molecule has 5 heteroatoms. The summed E-state index contributed by atoms with van der Waals surface area (Å²) >= 11 is 5.36. The molecule has 2 N–H and O–H groups in total. The summed E-state index contributed by atoms with van der Waals surface area (Å²) in [6.07, 6.45) is 1.64. The van der Waals surface area contributed by atoms with Crippen LogP contribution in [0.5, 0.6) is 0 Å². The normalized spacial score (nSPS) is 10.0. The number of nitrogens with one attached hydrogen (secondary N) is 2. The minimum atomic E-state index is 0.511. The highest BCUT2D eigenvalue weighted by Crippen LogP contribution is 2.24. The van der Waals surface area contributed by atoms with Crippen molar-refractivity contribution < 1.29 is 0 Å². The van der Waals surface area contributed by atoms with E-state index in [2.05, 4.69) is 20.8 Å². The minimum absolute atomic E-state index is 0.511. The molecule has 3 rings (SSSR count). The first-order valence-electron chi connectivity index (χ1n) is 6.83. The Morgan fingerprint density at radius 2 is 1.50 bits per heavy atom. The third kappa shape index (κ3) is 3.45. The van der Waals surface area contributed by atoms with Crippen molar-refractivity contribution >= 4 is 28.7 Å². The van der Waals surface area contributed by atoms with Crippen LogP contribution >= 0.6 is 12.2 Å². The molecular weight excluding hydrogens is 292 g/mol. The zero-order valence-corrected chi connectivity index (χ0v) is 12.5. The number of thiocarbonyl (C=S) groups is 1. The van der Waals surface area contributed by atoms with E-state index < -0.39 is 0 Å². The summed E-state index contributed by atoms with van der Waals surface area (Å²) in [7, 11) is 0. The van der Waals surface area contributed by atoms with Crippen LogP contribution in [0.3, 0.4) is 0 Å². The van der Waals surface area contributed by atoms with Crippen LogP contribution in [0.2, 0.25) is 0 Å². The third-order valence-electron chi connectivity index (χ3n) is 3.05. The topological polar surface area (TPSA) is 49.8 Å². The fourth-order valence-electron chi connectivity index (χ4n) is 2.05. The van der Waals surface area contributed by atoms with Crippen LogP contribution in [-0.4, -0.2) is 15.3 Å². The van der Waals surface area contributed by atoms with E-state index in [1.807, 2.05) is 66.7 Å². The zero-order chi connectivity index (χ0) is 15.2. The molecule has 0 fully saturated rings. The van der Waals surface area contributed by atoms with Gasteiger partial charge in [-0.2, -0.15) is 5.10 Å². The molecular formula is C17H14N4S. The van der Waals surface area contributed by atoms with Gasteiger partial charge in [0, 0.05) is 11.3 Å². The second kappa shape index (κ2) is 6.78. The molecule has 22 heavy (non-hydrogen) atoms. The van der Waals surface area contributed by atoms with Gasteiger partial charge in [-0.15, -0.1) is 5.10 Å². The molecule has 0 radical (unpaired) electrons. The smallest absolute Gasteiger partial charge is 0.175 e. The second-order valence-corrected chi connectivity index (χ2v) is 5.01. The van der Waals surface area contributed by atoms with Gasteiger partial charge in [-0.25, -0.2) is 0 Å². The van der Waals surface area contributed by atoms with Gasteiger partial charge in [0.15, 0.2) is 5.11 Å². The van der Waals surface area contributed by atoms with E-state index in [0.717, 1.165) is 22.6 Å². The van der Waals surface area contributed by atoms with Crippen molar-refractivity contribution in [1.29, 1.82) is 0 Å². The molecule has 0 unspecified atom stereocenters. The third-order valence-corrected chi connectivity index (χ3v) is 3.25. The van der Waals surface area contributed by atoms with E-state index in [1.54, 1.807) is 6.20 Å². The summed E-state index contributed by atoms with van der Waals surface area (Å²) in [5.41, 5.74) is 3.50. The Labute approximate surface area is 134 Å². The fourth-order valence-corrected chi connectivity index (χ4v) is 2.28. The molecule has 0 aliphatic rings. The highest BCUT2D eigenvalue weighted by Gasteiger charge is 2.08. The van der Waals surface area contributed by atoms with Crippen molar-refractivity contribution in [2.75, 3.05) is 10.6 Å². The number of rotatable bonds is 3. The fraction of sp³-hybridized carbons (Fsp3) is 0. The van der Waals surface area contributed by atoms with Crippen LogP contribution in [0, 0.1) is 0 Å². The first-order chi connectivity index (χ1) is 10.8. The minimum Gasteiger partial charge on any atom is -0.332 e. The average molecular weight is 306 g/mol. The van der Waals surface area contributed by atoms with Gasteiger partial charge in [0.05, 0.1) is 11.9 Å². The maximum atomic E-state index is 5.36. The summed E-state index contributed by atoms with van der Waals surface area (Å²) in [6, 6.07) is 21.5. The van der Waals surface area contributed by atoms with E-state index in [9.17, 15) is 0 Å². The maximum absolute atomic E-state index is 5.36. The summed E-state index contributed by atoms with van der Waals surface area (Å²) < 4.78 is 0. The first kappa shape index (κ1) is 14.2. The van der Waals surface area contributed by atoms with Crippen molar-refractivity contribution in [3.8, 4) is 11.3 Å². The molecule has 4 nitrogen and oxygen atoms in total. The van der Waals surface area contributed by atoms with Crippen LogP contribution in [0.25, 0.3) is 11.3 Å². The van der Waals surface area contributed by atoms with E-state index in [1.165, 1.54) is 0 Å². The first-order valence-corrected chi connectivity index (χ1v) is 7.24. The highest BCUT2D eigenvalue weighted by atomic mass is 32.1.